The Bertz CT molecular complexity index is 986. The largest absolute Gasteiger partial charge is 0.317 e. The lowest BCUT2D eigenvalue weighted by Crippen LogP contribution is -2.19. The molecule has 0 aliphatic heterocycles. The van der Waals surface area contributed by atoms with Crippen LogP contribution in [0.3, 0.4) is 0 Å². The first-order chi connectivity index (χ1) is 12.5. The summed E-state index contributed by atoms with van der Waals surface area (Å²) in [6.07, 6.45) is 8.42. The van der Waals surface area contributed by atoms with Gasteiger partial charge in [0.2, 0.25) is 5.56 Å². The number of pyridine rings is 2. The van der Waals surface area contributed by atoms with E-state index in [4.69, 9.17) is 5.26 Å². The molecule has 2 aromatic rings. The molecule has 2 N–H and O–H groups in total. The third-order valence-corrected chi connectivity index (χ3v) is 5.73. The van der Waals surface area contributed by atoms with Crippen LogP contribution in [0.25, 0.3) is 0 Å². The number of aromatic nitrogens is 2. The molecule has 0 saturated heterocycles. The molecule has 0 fully saturated rings. The molecule has 0 spiro atoms. The van der Waals surface area contributed by atoms with Crippen LogP contribution < -0.4 is 11.1 Å². The van der Waals surface area contributed by atoms with Crippen molar-refractivity contribution < 1.29 is 0 Å². The molecule has 0 aromatic carbocycles. The Labute approximate surface area is 162 Å². The Morgan fingerprint density at radius 3 is 2.12 bits per heavy atom. The molecule has 0 bridgehead atoms. The summed E-state index contributed by atoms with van der Waals surface area (Å²) in [6.45, 7) is 0. The van der Waals surface area contributed by atoms with Crippen molar-refractivity contribution in [3.05, 3.63) is 54.6 Å². The predicted molar refractivity (Wildman–Crippen MR) is 107 cm³/mol. The Morgan fingerprint density at radius 2 is 1.42 bits per heavy atom. The molecule has 136 valence electrons. The summed E-state index contributed by atoms with van der Waals surface area (Å²) in [4.78, 5) is 27.8. The minimum atomic E-state index is -0.307. The van der Waals surface area contributed by atoms with Crippen molar-refractivity contribution in [2.75, 3.05) is 0 Å². The van der Waals surface area contributed by atoms with E-state index in [2.05, 4.69) is 35.2 Å². The van der Waals surface area contributed by atoms with E-state index in [9.17, 15) is 9.59 Å². The number of aryl methyl sites for hydroxylation is 1. The highest BCUT2D eigenvalue weighted by Crippen LogP contribution is 2.26. The van der Waals surface area contributed by atoms with Crippen molar-refractivity contribution in [2.45, 2.75) is 61.4 Å². The van der Waals surface area contributed by atoms with Gasteiger partial charge in [-0.25, -0.2) is 0 Å². The van der Waals surface area contributed by atoms with Crippen LogP contribution in [-0.2, 0) is 25.7 Å². The lowest BCUT2D eigenvalue weighted by Gasteiger charge is -2.17. The van der Waals surface area contributed by atoms with Crippen molar-refractivity contribution in [1.29, 1.82) is 5.26 Å². The van der Waals surface area contributed by atoms with Crippen LogP contribution in [0.5, 0.6) is 0 Å². The number of nitriles is 1. The Hall–Kier alpha value is -1.91. The van der Waals surface area contributed by atoms with Crippen LogP contribution in [0, 0.1) is 11.3 Å². The van der Waals surface area contributed by atoms with Gasteiger partial charge < -0.3 is 9.97 Å². The highest BCUT2D eigenvalue weighted by molar-refractivity contribution is 7.80. The van der Waals surface area contributed by atoms with Gasteiger partial charge >= 0.3 is 0 Å². The van der Waals surface area contributed by atoms with Crippen LogP contribution in [0.4, 0.5) is 0 Å². The number of aromatic amines is 2. The highest BCUT2D eigenvalue weighted by atomic mass is 32.1. The quantitative estimate of drug-likeness (QED) is 0.524. The van der Waals surface area contributed by atoms with Crippen LogP contribution in [0.2, 0.25) is 0 Å². The summed E-state index contributed by atoms with van der Waals surface area (Å²) in [5.41, 5.74) is 4.33. The molecule has 2 aliphatic rings. The number of hydrogen-bond donors (Lipinski definition) is 4. The Kier molecular flexibility index (Phi) is 5.94. The zero-order valence-electron chi connectivity index (χ0n) is 14.4. The van der Waals surface area contributed by atoms with E-state index in [1.807, 2.05) is 6.07 Å². The van der Waals surface area contributed by atoms with Gasteiger partial charge in [0, 0.05) is 6.07 Å². The average Bonchev–Trinajstić information content (AvgIpc) is 2.62. The maximum Gasteiger partial charge on any atom is 0.266 e. The molecule has 2 heterocycles. The molecule has 0 unspecified atom stereocenters. The molecule has 5 nitrogen and oxygen atoms in total. The summed E-state index contributed by atoms with van der Waals surface area (Å²) in [7, 11) is 0. The van der Waals surface area contributed by atoms with E-state index in [0.29, 0.717) is 5.03 Å². The minimum absolute atomic E-state index is 0.0272. The topological polar surface area (TPSA) is 89.5 Å². The zero-order chi connectivity index (χ0) is 18.7. The number of thiol groups is 2. The molecule has 0 radical (unpaired) electrons. The normalized spacial score (nSPS) is 15.1. The fourth-order valence-electron chi connectivity index (χ4n) is 3.69. The van der Waals surface area contributed by atoms with Gasteiger partial charge in [-0.15, -0.1) is 25.3 Å². The molecular weight excluding hydrogens is 366 g/mol. The molecule has 0 saturated carbocycles. The molecule has 26 heavy (non-hydrogen) atoms. The fraction of sp³-hybridized carbons (Fsp3) is 0.421. The van der Waals surface area contributed by atoms with Crippen molar-refractivity contribution >= 4 is 25.3 Å². The first kappa shape index (κ1) is 18.9. The summed E-state index contributed by atoms with van der Waals surface area (Å²) >= 11 is 8.48. The standard InChI is InChI=1S/C10H10N2OS.C9H11NOS/c11-5-8-6-3-1-2-4-7(6)10(14)12-9(8)13;11-8-5-6-3-1-2-4-7(6)9(12)10-8/h1-4H2,(H2,12,13,14);5H,1-4H2,(H2,10,11,12). The van der Waals surface area contributed by atoms with E-state index >= 15 is 0 Å². The van der Waals surface area contributed by atoms with E-state index < -0.39 is 0 Å². The van der Waals surface area contributed by atoms with E-state index in [-0.39, 0.29) is 16.7 Å². The Balaban J connectivity index is 0.000000152. The minimum Gasteiger partial charge on any atom is -0.317 e. The summed E-state index contributed by atoms with van der Waals surface area (Å²) in [6, 6.07) is 3.68. The molecule has 0 amide bonds. The number of H-pyrrole nitrogens is 2. The molecule has 4 rings (SSSR count). The maximum absolute atomic E-state index is 11.4. The number of nitrogens with zero attached hydrogens (tertiary/aromatic N) is 1. The molecule has 2 aliphatic carbocycles. The van der Waals surface area contributed by atoms with Crippen molar-refractivity contribution in [1.82, 2.24) is 9.97 Å². The van der Waals surface area contributed by atoms with Gasteiger partial charge in [0.05, 0.1) is 10.1 Å². The summed E-state index contributed by atoms with van der Waals surface area (Å²) in [5.74, 6) is 0. The third kappa shape index (κ3) is 3.92. The summed E-state index contributed by atoms with van der Waals surface area (Å²) in [5, 5.41) is 10.3. The van der Waals surface area contributed by atoms with Gasteiger partial charge in [-0.3, -0.25) is 9.59 Å². The van der Waals surface area contributed by atoms with Crippen molar-refractivity contribution in [3.8, 4) is 6.07 Å². The lowest BCUT2D eigenvalue weighted by molar-refractivity contribution is 0.663. The van der Waals surface area contributed by atoms with Gasteiger partial charge in [0.25, 0.3) is 5.56 Å². The Morgan fingerprint density at radius 1 is 0.846 bits per heavy atom. The second-order valence-corrected chi connectivity index (χ2v) is 7.54. The first-order valence-corrected chi connectivity index (χ1v) is 9.72. The van der Waals surface area contributed by atoms with Crippen LogP contribution in [0.15, 0.2) is 25.7 Å². The van der Waals surface area contributed by atoms with E-state index in [1.54, 1.807) is 6.07 Å². The zero-order valence-corrected chi connectivity index (χ0v) is 16.2. The van der Waals surface area contributed by atoms with Gasteiger partial charge in [-0.2, -0.15) is 5.26 Å². The van der Waals surface area contributed by atoms with Gasteiger partial charge in [-0.1, -0.05) is 0 Å². The van der Waals surface area contributed by atoms with Gasteiger partial charge in [-0.05, 0) is 73.6 Å². The first-order valence-electron chi connectivity index (χ1n) is 8.82. The molecule has 2 aromatic heterocycles. The predicted octanol–water partition coefficient (Wildman–Crippen LogP) is 2.96. The average molecular weight is 388 g/mol. The lowest BCUT2D eigenvalue weighted by atomic mass is 9.90. The van der Waals surface area contributed by atoms with Gasteiger partial charge in [0.1, 0.15) is 11.6 Å². The van der Waals surface area contributed by atoms with Crippen LogP contribution in [0.1, 0.15) is 53.5 Å². The summed E-state index contributed by atoms with van der Waals surface area (Å²) < 4.78 is 0. The van der Waals surface area contributed by atoms with E-state index in [0.717, 1.165) is 54.7 Å². The third-order valence-electron chi connectivity index (χ3n) is 4.97. The second-order valence-electron chi connectivity index (χ2n) is 6.65. The number of nitrogens with one attached hydrogen (secondary N) is 2. The highest BCUT2D eigenvalue weighted by Gasteiger charge is 2.18. The monoisotopic (exact) mass is 387 g/mol. The smallest absolute Gasteiger partial charge is 0.266 e. The maximum atomic E-state index is 11.4. The second kappa shape index (κ2) is 8.19. The SMILES string of the molecule is N#Cc1c2c(c(S)[nH]c1=O)CCCC2.O=c1cc2c(c(S)[nH]1)CCCC2. The molecule has 7 heteroatoms. The number of rotatable bonds is 0. The number of fused-ring (bicyclic) bond motifs is 2. The van der Waals surface area contributed by atoms with Crippen molar-refractivity contribution in [3.63, 3.8) is 0 Å². The fourth-order valence-corrected chi connectivity index (χ4v) is 4.40. The van der Waals surface area contributed by atoms with E-state index in [1.165, 1.54) is 24.0 Å². The number of hydrogen-bond acceptors (Lipinski definition) is 5. The van der Waals surface area contributed by atoms with Crippen LogP contribution in [-0.4, -0.2) is 9.97 Å². The molecular formula is C19H21N3O2S2. The molecule has 0 atom stereocenters. The van der Waals surface area contributed by atoms with Crippen LogP contribution >= 0.6 is 25.3 Å². The van der Waals surface area contributed by atoms with Gasteiger partial charge in [0.15, 0.2) is 0 Å². The van der Waals surface area contributed by atoms with Crippen molar-refractivity contribution in [2.24, 2.45) is 0 Å².